The lowest BCUT2D eigenvalue weighted by molar-refractivity contribution is 0.403. The van der Waals surface area contributed by atoms with Gasteiger partial charge in [0.05, 0.1) is 28.4 Å². The molecule has 0 aromatic heterocycles. The van der Waals surface area contributed by atoms with Crippen LogP contribution in [0.2, 0.25) is 0 Å². The summed E-state index contributed by atoms with van der Waals surface area (Å²) in [6, 6.07) is 28.4. The van der Waals surface area contributed by atoms with Gasteiger partial charge in [-0.15, -0.1) is 0 Å². The molecule has 5 nitrogen and oxygen atoms in total. The van der Waals surface area contributed by atoms with Gasteiger partial charge in [0.15, 0.2) is 0 Å². The third kappa shape index (κ3) is 7.43. The highest BCUT2D eigenvalue weighted by molar-refractivity contribution is 5.45. The maximum absolute atomic E-state index is 6.32. The molecule has 37 heavy (non-hydrogen) atoms. The summed E-state index contributed by atoms with van der Waals surface area (Å²) in [4.78, 5) is 0. The molecule has 0 atom stereocenters. The van der Waals surface area contributed by atoms with Gasteiger partial charge in [-0.25, -0.2) is 0 Å². The van der Waals surface area contributed by atoms with Crippen molar-refractivity contribution in [3.05, 3.63) is 107 Å². The van der Waals surface area contributed by atoms with Crippen LogP contribution in [-0.4, -0.2) is 28.4 Å². The molecule has 0 heterocycles. The summed E-state index contributed by atoms with van der Waals surface area (Å²) in [5, 5.41) is 0. The maximum atomic E-state index is 6.32. The fourth-order valence-corrected chi connectivity index (χ4v) is 4.27. The Balaban J connectivity index is 1.49. The molecule has 192 valence electrons. The van der Waals surface area contributed by atoms with Crippen molar-refractivity contribution in [1.82, 2.24) is 0 Å². The second kappa shape index (κ2) is 12.7. The Morgan fingerprint density at radius 1 is 0.378 bits per heavy atom. The van der Waals surface area contributed by atoms with Crippen molar-refractivity contribution in [3.8, 4) is 34.5 Å². The summed E-state index contributed by atoms with van der Waals surface area (Å²) in [6.45, 7) is 0. The van der Waals surface area contributed by atoms with Crippen LogP contribution in [0.5, 0.6) is 34.5 Å². The van der Waals surface area contributed by atoms with Gasteiger partial charge in [0, 0.05) is 12.1 Å². The van der Waals surface area contributed by atoms with E-state index in [0.29, 0.717) is 0 Å². The molecular formula is C32H34O5. The van der Waals surface area contributed by atoms with Crippen LogP contribution in [0, 0.1) is 0 Å². The Kier molecular flexibility index (Phi) is 8.93. The molecule has 0 N–H and O–H groups in total. The second-order valence-electron chi connectivity index (χ2n) is 8.84. The van der Waals surface area contributed by atoms with Crippen molar-refractivity contribution in [2.75, 3.05) is 28.4 Å². The third-order valence-electron chi connectivity index (χ3n) is 6.26. The van der Waals surface area contributed by atoms with Crippen LogP contribution < -0.4 is 23.7 Å². The topological polar surface area (TPSA) is 46.2 Å². The average Bonchev–Trinajstić information content (AvgIpc) is 2.94. The first-order valence-corrected chi connectivity index (χ1v) is 12.4. The Labute approximate surface area is 219 Å². The van der Waals surface area contributed by atoms with Crippen LogP contribution in [0.4, 0.5) is 0 Å². The van der Waals surface area contributed by atoms with Crippen LogP contribution in [-0.2, 0) is 25.7 Å². The monoisotopic (exact) mass is 498 g/mol. The summed E-state index contributed by atoms with van der Waals surface area (Å²) in [5.41, 5.74) is 4.72. The van der Waals surface area contributed by atoms with E-state index in [2.05, 4.69) is 48.5 Å². The Bertz CT molecular complexity index is 1210. The zero-order valence-electron chi connectivity index (χ0n) is 22.0. The highest BCUT2D eigenvalue weighted by Gasteiger charge is 2.09. The lowest BCUT2D eigenvalue weighted by Gasteiger charge is -2.13. The van der Waals surface area contributed by atoms with Crippen LogP contribution in [0.3, 0.4) is 0 Å². The summed E-state index contributed by atoms with van der Waals surface area (Å²) in [5.74, 6) is 4.72. The van der Waals surface area contributed by atoms with E-state index in [4.69, 9.17) is 23.7 Å². The van der Waals surface area contributed by atoms with E-state index in [1.54, 1.807) is 28.4 Å². The molecule has 4 aromatic rings. The minimum atomic E-state index is 0.729. The second-order valence-corrected chi connectivity index (χ2v) is 8.84. The van der Waals surface area contributed by atoms with Gasteiger partial charge in [-0.05, 0) is 96.5 Å². The van der Waals surface area contributed by atoms with Gasteiger partial charge < -0.3 is 23.7 Å². The number of benzene rings is 4. The van der Waals surface area contributed by atoms with Gasteiger partial charge in [-0.1, -0.05) is 24.3 Å². The van der Waals surface area contributed by atoms with Gasteiger partial charge in [-0.3, -0.25) is 0 Å². The number of ether oxygens (including phenoxy) is 5. The molecule has 4 rings (SSSR count). The third-order valence-corrected chi connectivity index (χ3v) is 6.26. The fraction of sp³-hybridized carbons (Fsp3) is 0.250. The van der Waals surface area contributed by atoms with Crippen molar-refractivity contribution in [2.45, 2.75) is 25.7 Å². The van der Waals surface area contributed by atoms with Gasteiger partial charge in [0.1, 0.15) is 34.5 Å². The molecule has 0 aliphatic heterocycles. The highest BCUT2D eigenvalue weighted by Crippen LogP contribution is 2.31. The minimum absolute atomic E-state index is 0.729. The van der Waals surface area contributed by atoms with E-state index >= 15 is 0 Å². The van der Waals surface area contributed by atoms with Crippen molar-refractivity contribution in [3.63, 3.8) is 0 Å². The first-order chi connectivity index (χ1) is 18.1. The molecule has 0 fully saturated rings. The number of methoxy groups -OCH3 is 4. The fourth-order valence-electron chi connectivity index (χ4n) is 4.27. The quantitative estimate of drug-likeness (QED) is 0.209. The van der Waals surface area contributed by atoms with Gasteiger partial charge in [0.2, 0.25) is 0 Å². The van der Waals surface area contributed by atoms with E-state index in [1.165, 1.54) is 11.1 Å². The first-order valence-electron chi connectivity index (χ1n) is 12.4. The van der Waals surface area contributed by atoms with Crippen LogP contribution in [0.15, 0.2) is 84.9 Å². The Hall–Kier alpha value is -4.12. The van der Waals surface area contributed by atoms with Gasteiger partial charge >= 0.3 is 0 Å². The van der Waals surface area contributed by atoms with Crippen LogP contribution in [0.25, 0.3) is 0 Å². The van der Waals surface area contributed by atoms with Gasteiger partial charge in [0.25, 0.3) is 0 Å². The molecular weight excluding hydrogens is 464 g/mol. The molecule has 4 aromatic carbocycles. The summed E-state index contributed by atoms with van der Waals surface area (Å²) < 4.78 is 28.2. The van der Waals surface area contributed by atoms with E-state index in [0.717, 1.165) is 71.3 Å². The smallest absolute Gasteiger partial charge is 0.131 e. The average molecular weight is 499 g/mol. The van der Waals surface area contributed by atoms with Crippen molar-refractivity contribution in [2.24, 2.45) is 0 Å². The predicted molar refractivity (Wildman–Crippen MR) is 147 cm³/mol. The first kappa shape index (κ1) is 26.0. The molecule has 5 heteroatoms. The van der Waals surface area contributed by atoms with Crippen molar-refractivity contribution in [1.29, 1.82) is 0 Å². The van der Waals surface area contributed by atoms with Crippen LogP contribution >= 0.6 is 0 Å². The Morgan fingerprint density at radius 2 is 0.730 bits per heavy atom. The molecule has 0 radical (unpaired) electrons. The minimum Gasteiger partial charge on any atom is -0.497 e. The molecule has 0 aliphatic carbocycles. The zero-order chi connectivity index (χ0) is 26.0. The molecule has 0 saturated carbocycles. The standard InChI is InChI=1S/C32H34O5/c1-33-27-9-5-7-23(15-27)11-13-25-17-29(35-3)21-31(19-25)37-32-20-26(18-30(22-32)36-4)14-12-24-8-6-10-28(16-24)34-2/h5-10,15-22H,11-14H2,1-4H3. The lowest BCUT2D eigenvalue weighted by Crippen LogP contribution is -1.97. The highest BCUT2D eigenvalue weighted by atomic mass is 16.5. The lowest BCUT2D eigenvalue weighted by atomic mass is 10.0. The van der Waals surface area contributed by atoms with Gasteiger partial charge in [-0.2, -0.15) is 0 Å². The Morgan fingerprint density at radius 3 is 1.14 bits per heavy atom. The summed E-state index contributed by atoms with van der Waals surface area (Å²) in [7, 11) is 6.72. The number of hydrogen-bond donors (Lipinski definition) is 0. The molecule has 0 unspecified atom stereocenters. The van der Waals surface area contributed by atoms with Crippen LogP contribution in [0.1, 0.15) is 22.3 Å². The molecule has 0 amide bonds. The number of hydrogen-bond acceptors (Lipinski definition) is 5. The van der Waals surface area contributed by atoms with Crippen molar-refractivity contribution >= 4 is 0 Å². The number of aryl methyl sites for hydroxylation is 4. The largest absolute Gasteiger partial charge is 0.497 e. The molecule has 0 saturated heterocycles. The van der Waals surface area contributed by atoms with E-state index in [9.17, 15) is 0 Å². The predicted octanol–water partition coefficient (Wildman–Crippen LogP) is 7.08. The summed E-state index contributed by atoms with van der Waals surface area (Å²) in [6.07, 6.45) is 3.48. The van der Waals surface area contributed by atoms with E-state index < -0.39 is 0 Å². The van der Waals surface area contributed by atoms with E-state index in [1.807, 2.05) is 36.4 Å². The SMILES string of the molecule is COc1cccc(CCc2cc(OC)cc(Oc3cc(CCc4cccc(OC)c4)cc(OC)c3)c2)c1. The maximum Gasteiger partial charge on any atom is 0.131 e. The molecule has 0 spiro atoms. The number of rotatable bonds is 12. The summed E-state index contributed by atoms with van der Waals surface area (Å²) >= 11 is 0. The molecule has 0 aliphatic rings. The van der Waals surface area contributed by atoms with Crippen molar-refractivity contribution < 1.29 is 23.7 Å². The zero-order valence-corrected chi connectivity index (χ0v) is 22.0. The molecule has 0 bridgehead atoms. The normalized spacial score (nSPS) is 10.6. The van der Waals surface area contributed by atoms with E-state index in [-0.39, 0.29) is 0 Å².